The Morgan fingerprint density at radius 3 is 2.30 bits per heavy atom. The minimum Gasteiger partial charge on any atom is -0.153 e. The van der Waals surface area contributed by atoms with Gasteiger partial charge in [0.1, 0.15) is 0 Å². The van der Waals surface area contributed by atoms with Gasteiger partial charge in [-0.1, -0.05) is 13.8 Å². The lowest BCUT2D eigenvalue weighted by Gasteiger charge is -2.61. The Morgan fingerprint density at radius 1 is 0.783 bits per heavy atom. The molecule has 0 amide bonds. The zero-order valence-corrected chi connectivity index (χ0v) is 16.5. The van der Waals surface area contributed by atoms with Crippen LogP contribution in [-0.2, 0) is 0 Å². The van der Waals surface area contributed by atoms with Crippen molar-refractivity contribution >= 4 is 23.5 Å². The molecule has 0 aromatic heterocycles. The molecule has 2 heterocycles. The molecule has 2 heteroatoms. The summed E-state index contributed by atoms with van der Waals surface area (Å²) in [6.07, 6.45) is 14.1. The first-order valence-electron chi connectivity index (χ1n) is 10.3. The Balaban J connectivity index is 1.32. The van der Waals surface area contributed by atoms with Crippen LogP contribution in [0.3, 0.4) is 0 Å². The van der Waals surface area contributed by atoms with Gasteiger partial charge in [0.05, 0.1) is 0 Å². The molecule has 2 aliphatic heterocycles. The van der Waals surface area contributed by atoms with E-state index in [9.17, 15) is 0 Å². The number of fused-ring (bicyclic) bond motifs is 6. The van der Waals surface area contributed by atoms with Crippen LogP contribution in [0.5, 0.6) is 0 Å². The van der Waals surface area contributed by atoms with E-state index in [1.165, 1.54) is 11.5 Å². The molecule has 6 rings (SSSR count). The highest BCUT2D eigenvalue weighted by Crippen LogP contribution is 2.76. The second-order valence-corrected chi connectivity index (χ2v) is 13.4. The van der Waals surface area contributed by atoms with Crippen LogP contribution in [-0.4, -0.2) is 21.0 Å². The molecule has 0 bridgehead atoms. The Morgan fingerprint density at radius 2 is 1.57 bits per heavy atom. The summed E-state index contributed by atoms with van der Waals surface area (Å²) in [6.45, 7) is 5.46. The summed E-state index contributed by atoms with van der Waals surface area (Å²) in [5, 5.41) is 0. The van der Waals surface area contributed by atoms with Gasteiger partial charge in [0, 0.05) is 21.0 Å². The quantitative estimate of drug-likeness (QED) is 0.492. The van der Waals surface area contributed by atoms with E-state index in [1.54, 1.807) is 57.8 Å². The van der Waals surface area contributed by atoms with Gasteiger partial charge in [-0.05, 0) is 92.3 Å². The fraction of sp³-hybridized carbons (Fsp3) is 1.00. The van der Waals surface area contributed by atoms with Crippen molar-refractivity contribution in [2.24, 2.45) is 34.5 Å². The molecule has 0 unspecified atom stereocenters. The zero-order valence-electron chi connectivity index (χ0n) is 14.9. The predicted molar refractivity (Wildman–Crippen MR) is 102 cm³/mol. The second kappa shape index (κ2) is 4.33. The molecular formula is C21H32S2. The third-order valence-corrected chi connectivity index (χ3v) is 13.3. The van der Waals surface area contributed by atoms with E-state index < -0.39 is 0 Å². The molecule has 23 heavy (non-hydrogen) atoms. The van der Waals surface area contributed by atoms with Crippen molar-refractivity contribution in [2.75, 3.05) is 11.5 Å². The van der Waals surface area contributed by atoms with Gasteiger partial charge < -0.3 is 0 Å². The van der Waals surface area contributed by atoms with Crippen LogP contribution in [0.2, 0.25) is 0 Å². The molecule has 0 nitrogen and oxygen atoms in total. The average Bonchev–Trinajstić information content (AvgIpc) is 3.43. The van der Waals surface area contributed by atoms with E-state index in [0.29, 0.717) is 10.8 Å². The van der Waals surface area contributed by atoms with Gasteiger partial charge in [0.2, 0.25) is 0 Å². The van der Waals surface area contributed by atoms with Gasteiger partial charge in [-0.15, -0.1) is 0 Å². The van der Waals surface area contributed by atoms with Crippen molar-refractivity contribution in [3.05, 3.63) is 0 Å². The normalized spacial score (nSPS) is 66.0. The molecule has 2 spiro atoms. The highest BCUT2D eigenvalue weighted by molar-refractivity contribution is 8.08. The first kappa shape index (κ1) is 14.8. The fourth-order valence-electron chi connectivity index (χ4n) is 8.33. The van der Waals surface area contributed by atoms with Crippen LogP contribution in [0.1, 0.15) is 71.6 Å². The third kappa shape index (κ3) is 1.74. The Labute approximate surface area is 150 Å². The van der Waals surface area contributed by atoms with Crippen LogP contribution in [0, 0.1) is 34.5 Å². The van der Waals surface area contributed by atoms with Crippen molar-refractivity contribution in [3.8, 4) is 0 Å². The van der Waals surface area contributed by atoms with Gasteiger partial charge in [-0.2, -0.15) is 23.5 Å². The monoisotopic (exact) mass is 348 g/mol. The number of hydrogen-bond donors (Lipinski definition) is 0. The van der Waals surface area contributed by atoms with Gasteiger partial charge in [-0.25, -0.2) is 0 Å². The first-order valence-corrected chi connectivity index (χ1v) is 12.3. The minimum absolute atomic E-state index is 0.713. The van der Waals surface area contributed by atoms with Crippen molar-refractivity contribution in [2.45, 2.75) is 81.1 Å². The maximum atomic E-state index is 2.74. The smallest absolute Gasteiger partial charge is 0.0307 e. The minimum atomic E-state index is 0.713. The van der Waals surface area contributed by atoms with E-state index in [0.717, 1.165) is 33.2 Å². The lowest BCUT2D eigenvalue weighted by atomic mass is 9.44. The van der Waals surface area contributed by atoms with Crippen molar-refractivity contribution in [1.82, 2.24) is 0 Å². The summed E-state index contributed by atoms with van der Waals surface area (Å²) in [5.74, 6) is 7.32. The summed E-state index contributed by atoms with van der Waals surface area (Å²) in [5.41, 5.74) is 1.43. The average molecular weight is 349 g/mol. The van der Waals surface area contributed by atoms with Crippen molar-refractivity contribution < 1.29 is 0 Å². The zero-order chi connectivity index (χ0) is 15.5. The highest BCUT2D eigenvalue weighted by atomic mass is 32.2. The predicted octanol–water partition coefficient (Wildman–Crippen LogP) is 6.00. The van der Waals surface area contributed by atoms with Crippen LogP contribution in [0.15, 0.2) is 0 Å². The highest BCUT2D eigenvalue weighted by Gasteiger charge is 2.69. The lowest BCUT2D eigenvalue weighted by molar-refractivity contribution is -0.107. The Kier molecular flexibility index (Phi) is 2.79. The molecule has 0 radical (unpaired) electrons. The largest absolute Gasteiger partial charge is 0.153 e. The number of hydrogen-bond acceptors (Lipinski definition) is 2. The van der Waals surface area contributed by atoms with E-state index in [4.69, 9.17) is 0 Å². The van der Waals surface area contributed by atoms with E-state index >= 15 is 0 Å². The first-order chi connectivity index (χ1) is 11.0. The molecule has 2 saturated heterocycles. The summed E-state index contributed by atoms with van der Waals surface area (Å²) in [4.78, 5) is 0. The molecule has 0 N–H and O–H groups in total. The SMILES string of the molecule is C[C@]12CC[C@@]3(CS3)C[C@@H]1CC[C@@H]1[C@@H]2CC[C@@]2(C)[C@H]1CC[C@]21CS1. The molecule has 6 fully saturated rings. The second-order valence-electron chi connectivity index (χ2n) is 10.6. The maximum absolute atomic E-state index is 2.74. The number of rotatable bonds is 0. The van der Waals surface area contributed by atoms with Gasteiger partial charge >= 0.3 is 0 Å². The van der Waals surface area contributed by atoms with E-state index in [1.807, 2.05) is 0 Å². The molecule has 128 valence electrons. The van der Waals surface area contributed by atoms with E-state index in [2.05, 4.69) is 37.4 Å². The summed E-state index contributed by atoms with van der Waals surface area (Å²) < 4.78 is 1.53. The summed E-state index contributed by atoms with van der Waals surface area (Å²) >= 11 is 4.62. The fourth-order valence-corrected chi connectivity index (χ4v) is 10.9. The third-order valence-electron chi connectivity index (χ3n) is 10.1. The van der Waals surface area contributed by atoms with Gasteiger partial charge in [-0.3, -0.25) is 0 Å². The van der Waals surface area contributed by atoms with Crippen LogP contribution < -0.4 is 0 Å². The molecule has 6 aliphatic rings. The Hall–Kier alpha value is 0.700. The Bertz CT molecular complexity index is 548. The van der Waals surface area contributed by atoms with Crippen molar-refractivity contribution in [3.63, 3.8) is 0 Å². The van der Waals surface area contributed by atoms with Crippen LogP contribution in [0.4, 0.5) is 0 Å². The molecular weight excluding hydrogens is 316 g/mol. The molecule has 0 aromatic carbocycles. The summed E-state index contributed by atoms with van der Waals surface area (Å²) in [7, 11) is 0. The molecule has 4 aliphatic carbocycles. The lowest BCUT2D eigenvalue weighted by Crippen LogP contribution is -2.55. The van der Waals surface area contributed by atoms with Gasteiger partial charge in [0.25, 0.3) is 0 Å². The van der Waals surface area contributed by atoms with Gasteiger partial charge in [0.15, 0.2) is 0 Å². The van der Waals surface area contributed by atoms with Crippen molar-refractivity contribution in [1.29, 1.82) is 0 Å². The van der Waals surface area contributed by atoms with E-state index in [-0.39, 0.29) is 0 Å². The van der Waals surface area contributed by atoms with Crippen LogP contribution in [0.25, 0.3) is 0 Å². The molecule has 4 saturated carbocycles. The topological polar surface area (TPSA) is 0 Å². The maximum Gasteiger partial charge on any atom is 0.0307 e. The standard InChI is InChI=1S/C21H32S2/c1-18-9-10-20(12-22-20)11-14(18)3-4-15-16(18)5-7-19(2)17(15)6-8-21(19)13-23-21/h14-17H,3-13H2,1-2H3/t14-,15+,16-,17-,18-,19-,20-,21-/m0/s1. The molecule has 0 aromatic rings. The van der Waals surface area contributed by atoms with Crippen LogP contribution >= 0.6 is 23.5 Å². The summed E-state index contributed by atoms with van der Waals surface area (Å²) in [6, 6.07) is 0. The molecule has 8 atom stereocenters. The number of thioether (sulfide) groups is 2.